The Balaban J connectivity index is 0.0000126. The van der Waals surface area contributed by atoms with Crippen LogP contribution in [0.2, 0.25) is 0 Å². The predicted molar refractivity (Wildman–Crippen MR) is 302 cm³/mol. The van der Waals surface area contributed by atoms with Crippen molar-refractivity contribution in [1.29, 1.82) is 0 Å². The van der Waals surface area contributed by atoms with E-state index in [-0.39, 0.29) is 166 Å². The first kappa shape index (κ1) is 67.6. The van der Waals surface area contributed by atoms with Crippen LogP contribution in [0.1, 0.15) is 111 Å². The second kappa shape index (κ2) is 35.2. The third-order valence-electron chi connectivity index (χ3n) is 14.3. The number of aliphatic imine (C=N–C) groups is 1. The number of rotatable bonds is 30. The minimum atomic E-state index is -1.41. The SMILES string of the molecule is O=CCCCCCCCCCCNC(=O)C(CCCCN=S=C=Nc1ccc2c(c1)C(=O)OC21c2ccc(O)cc2Oc2cc(O)ccc21)NC(=O)CCNC(=O)CN1CCN(CC(=O)O)CCN(CC(=O)O)CCN(CC(=O)O)CC1.[Gd+3]. The number of unbranched alkanes of at least 4 members (excludes halogenated alkanes) is 9. The Bertz CT molecular complexity index is 2770. The van der Waals surface area contributed by atoms with E-state index in [0.29, 0.717) is 61.2 Å². The summed E-state index contributed by atoms with van der Waals surface area (Å²) in [4.78, 5) is 110. The normalized spacial score (nSPS) is 15.6. The molecule has 8 N–H and O–H groups in total. The summed E-state index contributed by atoms with van der Waals surface area (Å²) in [5.74, 6) is -4.56. The van der Waals surface area contributed by atoms with Crippen molar-refractivity contribution in [2.75, 3.05) is 98.2 Å². The number of nitrogens with zero attached hydrogens (tertiary/aromatic N) is 6. The zero-order valence-electron chi connectivity index (χ0n) is 46.4. The number of carbonyl (C=O) groups is 8. The van der Waals surface area contributed by atoms with Crippen molar-refractivity contribution in [3.63, 3.8) is 0 Å². The number of ether oxygens (including phenoxy) is 2. The summed E-state index contributed by atoms with van der Waals surface area (Å²) in [6.45, 7) is 1.67. The molecule has 26 heteroatoms. The minimum Gasteiger partial charge on any atom is -0.508 e. The molecule has 3 heterocycles. The quantitative estimate of drug-likeness (QED) is 0.0154. The summed E-state index contributed by atoms with van der Waals surface area (Å²) in [5, 5.41) is 60.4. The maximum Gasteiger partial charge on any atom is 3.00 e. The summed E-state index contributed by atoms with van der Waals surface area (Å²) >= 11 is 0.986. The molecule has 3 amide bonds. The molecule has 0 aliphatic carbocycles. The van der Waals surface area contributed by atoms with Crippen molar-refractivity contribution in [2.24, 2.45) is 9.36 Å². The Labute approximate surface area is 517 Å². The molecule has 24 nitrogen and oxygen atoms in total. The molecule has 3 aromatic carbocycles. The van der Waals surface area contributed by atoms with Crippen LogP contribution in [-0.2, 0) is 55.0 Å². The summed E-state index contributed by atoms with van der Waals surface area (Å²) in [6.07, 6.45) is 10.7. The third-order valence-corrected chi connectivity index (χ3v) is 14.8. The summed E-state index contributed by atoms with van der Waals surface area (Å²) in [6, 6.07) is 13.2. The van der Waals surface area contributed by atoms with Gasteiger partial charge < -0.3 is 55.8 Å². The fourth-order valence-corrected chi connectivity index (χ4v) is 10.5. The molecule has 0 saturated carbocycles. The largest absolute Gasteiger partial charge is 3.00 e. The topological polar surface area (TPSA) is 330 Å². The van der Waals surface area contributed by atoms with Crippen molar-refractivity contribution in [3.05, 3.63) is 76.9 Å². The van der Waals surface area contributed by atoms with E-state index in [2.05, 4.69) is 30.5 Å². The molecule has 6 rings (SSSR count). The number of nitrogens with one attached hydrogen (secondary N) is 3. The average molecular weight is 1320 g/mol. The van der Waals surface area contributed by atoms with Gasteiger partial charge in [-0.1, -0.05) is 44.6 Å². The molecule has 449 valence electrons. The number of benzene rings is 3. The van der Waals surface area contributed by atoms with Crippen LogP contribution in [0.4, 0.5) is 5.69 Å². The Morgan fingerprint density at radius 1 is 0.639 bits per heavy atom. The van der Waals surface area contributed by atoms with E-state index in [0.717, 1.165) is 68.8 Å². The molecule has 1 spiro atoms. The molecule has 83 heavy (non-hydrogen) atoms. The Kier molecular flexibility index (Phi) is 28.6. The molecule has 1 fully saturated rings. The van der Waals surface area contributed by atoms with E-state index in [4.69, 9.17) is 9.47 Å². The van der Waals surface area contributed by atoms with Crippen molar-refractivity contribution in [1.82, 2.24) is 35.6 Å². The predicted octanol–water partition coefficient (Wildman–Crippen LogP) is 3.93. The number of esters is 1. The number of phenols is 2. The second-order valence-electron chi connectivity index (χ2n) is 20.5. The van der Waals surface area contributed by atoms with Crippen molar-refractivity contribution in [2.45, 2.75) is 95.1 Å². The number of carboxylic acids is 3. The number of aliphatic carboxylic acids is 3. The van der Waals surface area contributed by atoms with E-state index < -0.39 is 47.3 Å². The first-order valence-electron chi connectivity index (χ1n) is 27.9. The van der Waals surface area contributed by atoms with Crippen molar-refractivity contribution < 1.29 is 113 Å². The minimum absolute atomic E-state index is 0. The van der Waals surface area contributed by atoms with Crippen LogP contribution in [0.3, 0.4) is 0 Å². The van der Waals surface area contributed by atoms with Crippen LogP contribution in [0.25, 0.3) is 0 Å². The fourth-order valence-electron chi connectivity index (χ4n) is 10.1. The van der Waals surface area contributed by atoms with Gasteiger partial charge in [-0.15, -0.1) is 0 Å². The van der Waals surface area contributed by atoms with E-state index in [1.807, 2.05) is 0 Å². The van der Waals surface area contributed by atoms with Gasteiger partial charge in [-0.25, -0.2) is 9.16 Å². The van der Waals surface area contributed by atoms with Gasteiger partial charge in [0.1, 0.15) is 35.3 Å². The number of fused-ring (bicyclic) bond motifs is 6. The zero-order valence-corrected chi connectivity index (χ0v) is 49.5. The number of hydrogen-bond acceptors (Lipinski definition) is 18. The summed E-state index contributed by atoms with van der Waals surface area (Å²) in [5.41, 5.74) is 0.808. The molecular formula is C57H75GdN9O15S+3. The number of amides is 3. The maximum absolute atomic E-state index is 13.5. The number of aromatic hydroxyl groups is 2. The molecule has 1 unspecified atom stereocenters. The standard InChI is InChI=1S/C57H75N9O15S.Gd/c67-31-11-7-5-3-1-2-4-6-9-20-59-55(78)47(62-50(70)19-22-58-51(71)35-63-23-25-64(36-52(72)73)27-29-66(38-54(76)77)30-28-65(26-24-63)37-53(74)75)12-8-10-21-61-82-39-60-40-13-16-44-43(32-40)56(79)81-57(44)45-17-14-41(68)33-48(45)80-49-34-42(69)15-18-46(49)57;/h13-18,31-34,47,68-69H,1-12,19-30,35-38H2,(H,58,71)(H,59,78)(H,62,70)(H,72,73)(H,74,75)(H,76,77);/q;+3. The van der Waals surface area contributed by atoms with Gasteiger partial charge in [-0.2, -0.15) is 4.99 Å². The Morgan fingerprint density at radius 3 is 1.70 bits per heavy atom. The molecule has 3 aliphatic rings. The van der Waals surface area contributed by atoms with Gasteiger partial charge in [0.25, 0.3) is 0 Å². The monoisotopic (exact) mass is 1320 g/mol. The first-order valence-corrected chi connectivity index (χ1v) is 28.7. The van der Waals surface area contributed by atoms with Gasteiger partial charge in [0.05, 0.1) is 49.1 Å². The van der Waals surface area contributed by atoms with Crippen LogP contribution >= 0.6 is 0 Å². The number of isothiocyanates is 1. The Morgan fingerprint density at radius 2 is 1.16 bits per heavy atom. The number of phenolic OH excluding ortho intramolecular Hbond substituents is 2. The molecule has 0 aromatic heterocycles. The van der Waals surface area contributed by atoms with Gasteiger partial charge in [0.2, 0.25) is 17.7 Å². The molecular weight excluding hydrogens is 1240 g/mol. The Hall–Kier alpha value is -6.22. The first-order chi connectivity index (χ1) is 39.5. The average Bonchev–Trinajstić information content (AvgIpc) is 1.78. The van der Waals surface area contributed by atoms with Crippen molar-refractivity contribution >= 4 is 69.9 Å². The van der Waals surface area contributed by atoms with Crippen LogP contribution in [0, 0.1) is 39.9 Å². The molecule has 1 radical (unpaired) electrons. The van der Waals surface area contributed by atoms with E-state index in [1.165, 1.54) is 24.3 Å². The van der Waals surface area contributed by atoms with Crippen LogP contribution < -0.4 is 20.7 Å². The summed E-state index contributed by atoms with van der Waals surface area (Å²) in [7, 11) is 0. The number of carbonyl (C=O) groups excluding carboxylic acids is 5. The van der Waals surface area contributed by atoms with Crippen molar-refractivity contribution in [3.8, 4) is 23.0 Å². The van der Waals surface area contributed by atoms with Crippen LogP contribution in [0.5, 0.6) is 23.0 Å². The smallest absolute Gasteiger partial charge is 0.508 e. The van der Waals surface area contributed by atoms with Gasteiger partial charge in [-0.05, 0) is 68.5 Å². The molecule has 3 aliphatic heterocycles. The molecule has 3 aromatic rings. The number of hydrogen-bond donors (Lipinski definition) is 8. The van der Waals surface area contributed by atoms with E-state index in [1.54, 1.807) is 49.9 Å². The zero-order chi connectivity index (χ0) is 58.9. The molecule has 1 atom stereocenters. The number of aldehydes is 1. The van der Waals surface area contributed by atoms with Crippen LogP contribution in [-0.4, -0.2) is 202 Å². The van der Waals surface area contributed by atoms with Crippen LogP contribution in [0.15, 0.2) is 64.0 Å². The van der Waals surface area contributed by atoms with Gasteiger partial charge in [0.15, 0.2) is 5.60 Å². The third kappa shape index (κ3) is 21.7. The maximum atomic E-state index is 13.5. The fraction of sp³-hybridized carbons (Fsp3) is 0.526. The number of carboxylic acid groups (broad SMARTS) is 3. The summed E-state index contributed by atoms with van der Waals surface area (Å²) < 4.78 is 16.6. The molecule has 1 saturated heterocycles. The van der Waals surface area contributed by atoms with Gasteiger partial charge >= 0.3 is 63.8 Å². The second-order valence-corrected chi connectivity index (χ2v) is 21.1. The molecule has 0 bridgehead atoms. The van der Waals surface area contributed by atoms with Gasteiger partial charge in [-0.3, -0.25) is 48.4 Å². The van der Waals surface area contributed by atoms with Gasteiger partial charge in [0, 0.05) is 118 Å². The van der Waals surface area contributed by atoms with E-state index >= 15 is 0 Å². The van der Waals surface area contributed by atoms with E-state index in [9.17, 15) is 63.9 Å².